The van der Waals surface area contributed by atoms with E-state index in [1.807, 2.05) is 0 Å². The first kappa shape index (κ1) is 12.5. The second-order valence-electron chi connectivity index (χ2n) is 3.84. The van der Waals surface area contributed by atoms with E-state index in [1.165, 1.54) is 30.2 Å². The molecular weight excluding hydrogens is 283 g/mol. The largest absolute Gasteiger partial charge is 0.478 e. The van der Waals surface area contributed by atoms with Crippen molar-refractivity contribution in [3.8, 4) is 0 Å². The van der Waals surface area contributed by atoms with Crippen LogP contribution in [0.4, 0.5) is 4.39 Å². The molecule has 2 heterocycles. The number of nitrogens with zero attached hydrogens (tertiary/aromatic N) is 4. The van der Waals surface area contributed by atoms with Gasteiger partial charge in [-0.25, -0.2) is 14.2 Å². The molecule has 1 aromatic carbocycles. The highest BCUT2D eigenvalue weighted by Gasteiger charge is 2.13. The molecule has 3 aromatic rings. The van der Waals surface area contributed by atoms with Crippen molar-refractivity contribution in [2.75, 3.05) is 0 Å². The zero-order valence-electron chi connectivity index (χ0n) is 9.89. The fraction of sp³-hybridized carbons (Fsp3) is 0. The van der Waals surface area contributed by atoms with Gasteiger partial charge in [-0.15, -0.1) is 10.2 Å². The molecule has 0 fully saturated rings. The van der Waals surface area contributed by atoms with Gasteiger partial charge in [-0.1, -0.05) is 11.8 Å². The van der Waals surface area contributed by atoms with E-state index in [4.69, 9.17) is 5.11 Å². The van der Waals surface area contributed by atoms with Crippen LogP contribution in [0.3, 0.4) is 0 Å². The molecule has 0 bridgehead atoms. The third kappa shape index (κ3) is 2.21. The van der Waals surface area contributed by atoms with Crippen LogP contribution in [0.2, 0.25) is 0 Å². The van der Waals surface area contributed by atoms with Gasteiger partial charge in [-0.3, -0.25) is 4.40 Å². The van der Waals surface area contributed by atoms with E-state index in [1.54, 1.807) is 16.8 Å². The summed E-state index contributed by atoms with van der Waals surface area (Å²) in [5.74, 6) is -2.07. The molecule has 0 aliphatic carbocycles. The van der Waals surface area contributed by atoms with Crippen LogP contribution < -0.4 is 0 Å². The minimum absolute atomic E-state index is 0.372. The van der Waals surface area contributed by atoms with E-state index in [9.17, 15) is 9.18 Å². The summed E-state index contributed by atoms with van der Waals surface area (Å²) in [6.45, 7) is 0. The van der Waals surface area contributed by atoms with Gasteiger partial charge in [0.1, 0.15) is 17.2 Å². The lowest BCUT2D eigenvalue weighted by atomic mass is 10.2. The molecule has 1 N–H and O–H groups in total. The Morgan fingerprint density at radius 1 is 1.40 bits per heavy atom. The Kier molecular flexibility index (Phi) is 3.07. The summed E-state index contributed by atoms with van der Waals surface area (Å²) in [7, 11) is 0. The fourth-order valence-corrected chi connectivity index (χ4v) is 2.54. The van der Waals surface area contributed by atoms with E-state index < -0.39 is 11.8 Å². The van der Waals surface area contributed by atoms with Gasteiger partial charge in [0.15, 0.2) is 5.65 Å². The number of halogens is 1. The van der Waals surface area contributed by atoms with E-state index in [2.05, 4.69) is 15.2 Å². The van der Waals surface area contributed by atoms with Crippen molar-refractivity contribution < 1.29 is 14.3 Å². The number of hydrogen-bond acceptors (Lipinski definition) is 5. The molecule has 0 aliphatic heterocycles. The average Bonchev–Trinajstić information content (AvgIpc) is 2.90. The van der Waals surface area contributed by atoms with Crippen molar-refractivity contribution in [1.82, 2.24) is 19.6 Å². The predicted octanol–water partition coefficient (Wildman–Crippen LogP) is 2.11. The zero-order valence-corrected chi connectivity index (χ0v) is 10.7. The lowest BCUT2D eigenvalue weighted by Gasteiger charge is -2.04. The quantitative estimate of drug-likeness (QED) is 0.795. The van der Waals surface area contributed by atoms with Gasteiger partial charge in [0.25, 0.3) is 0 Å². The first-order valence-electron chi connectivity index (χ1n) is 5.50. The number of hydrogen-bond donors (Lipinski definition) is 1. The number of rotatable bonds is 3. The average molecular weight is 290 g/mol. The lowest BCUT2D eigenvalue weighted by Crippen LogP contribution is -2.00. The van der Waals surface area contributed by atoms with Gasteiger partial charge in [-0.2, -0.15) is 0 Å². The van der Waals surface area contributed by atoms with Gasteiger partial charge in [0.05, 0.1) is 5.56 Å². The van der Waals surface area contributed by atoms with E-state index in [0.29, 0.717) is 15.6 Å². The molecule has 0 unspecified atom stereocenters. The first-order chi connectivity index (χ1) is 9.65. The highest BCUT2D eigenvalue weighted by Crippen LogP contribution is 2.29. The van der Waals surface area contributed by atoms with Crippen molar-refractivity contribution in [3.05, 3.63) is 48.3 Å². The van der Waals surface area contributed by atoms with Gasteiger partial charge < -0.3 is 5.11 Å². The van der Waals surface area contributed by atoms with Crippen LogP contribution in [0.25, 0.3) is 5.65 Å². The number of carbonyl (C=O) groups is 1. The molecule has 0 amide bonds. The number of aromatic nitrogens is 4. The standard InChI is InChI=1S/C12H7FN4O2S/c13-9-2-1-7(5-8(9)12(18)19)20-11-10-16-15-6-17(10)4-3-14-11/h1-6H,(H,18,19). The molecule has 0 aliphatic rings. The normalized spacial score (nSPS) is 10.8. The van der Waals surface area contributed by atoms with Crippen LogP contribution in [0.1, 0.15) is 10.4 Å². The van der Waals surface area contributed by atoms with Crippen LogP contribution in [0, 0.1) is 5.82 Å². The minimum Gasteiger partial charge on any atom is -0.478 e. The third-order valence-electron chi connectivity index (χ3n) is 2.57. The van der Waals surface area contributed by atoms with Crippen molar-refractivity contribution in [2.45, 2.75) is 9.92 Å². The van der Waals surface area contributed by atoms with E-state index >= 15 is 0 Å². The SMILES string of the molecule is O=C(O)c1cc(Sc2nccn3cnnc23)ccc1F. The van der Waals surface area contributed by atoms with Crippen LogP contribution >= 0.6 is 11.8 Å². The number of benzene rings is 1. The second kappa shape index (κ2) is 4.89. The van der Waals surface area contributed by atoms with Crippen molar-refractivity contribution >= 4 is 23.4 Å². The van der Waals surface area contributed by atoms with Crippen molar-refractivity contribution in [3.63, 3.8) is 0 Å². The molecule has 0 spiro atoms. The molecule has 6 nitrogen and oxygen atoms in total. The van der Waals surface area contributed by atoms with Gasteiger partial charge >= 0.3 is 5.97 Å². The maximum absolute atomic E-state index is 13.3. The Bertz CT molecular complexity index is 805. The first-order valence-corrected chi connectivity index (χ1v) is 6.32. The fourth-order valence-electron chi connectivity index (χ4n) is 1.65. The molecule has 8 heteroatoms. The Labute approximate surface area is 116 Å². The highest BCUT2D eigenvalue weighted by atomic mass is 32.2. The second-order valence-corrected chi connectivity index (χ2v) is 4.91. The molecule has 20 heavy (non-hydrogen) atoms. The summed E-state index contributed by atoms with van der Waals surface area (Å²) in [6.07, 6.45) is 4.82. The van der Waals surface area contributed by atoms with Gasteiger partial charge in [-0.05, 0) is 18.2 Å². The smallest absolute Gasteiger partial charge is 0.338 e. The molecule has 2 aromatic heterocycles. The van der Waals surface area contributed by atoms with Crippen LogP contribution in [0.5, 0.6) is 0 Å². The highest BCUT2D eigenvalue weighted by molar-refractivity contribution is 7.99. The summed E-state index contributed by atoms with van der Waals surface area (Å²) in [6, 6.07) is 3.88. The molecule has 3 rings (SSSR count). The summed E-state index contributed by atoms with van der Waals surface area (Å²) in [4.78, 5) is 15.6. The number of carboxylic acids is 1. The van der Waals surface area contributed by atoms with Crippen LogP contribution in [-0.4, -0.2) is 30.7 Å². The lowest BCUT2D eigenvalue weighted by molar-refractivity contribution is 0.0691. The monoisotopic (exact) mass is 290 g/mol. The van der Waals surface area contributed by atoms with E-state index in [-0.39, 0.29) is 5.56 Å². The van der Waals surface area contributed by atoms with Crippen LogP contribution in [0.15, 0.2) is 46.8 Å². The minimum atomic E-state index is -1.31. The molecule has 0 saturated heterocycles. The van der Waals surface area contributed by atoms with Crippen molar-refractivity contribution in [2.24, 2.45) is 0 Å². The van der Waals surface area contributed by atoms with Gasteiger partial charge in [0, 0.05) is 17.3 Å². The van der Waals surface area contributed by atoms with E-state index in [0.717, 1.165) is 6.07 Å². The molecular formula is C12H7FN4O2S. The molecule has 0 saturated carbocycles. The number of fused-ring (bicyclic) bond motifs is 1. The Hall–Kier alpha value is -2.48. The Balaban J connectivity index is 2.01. The topological polar surface area (TPSA) is 80.4 Å². The summed E-state index contributed by atoms with van der Waals surface area (Å²) in [5.41, 5.74) is 0.183. The maximum Gasteiger partial charge on any atom is 0.338 e. The zero-order chi connectivity index (χ0) is 14.1. The Morgan fingerprint density at radius 3 is 3.05 bits per heavy atom. The van der Waals surface area contributed by atoms with Gasteiger partial charge in [0.2, 0.25) is 0 Å². The summed E-state index contributed by atoms with van der Waals surface area (Å²) in [5, 5.41) is 17.2. The van der Waals surface area contributed by atoms with Crippen LogP contribution in [-0.2, 0) is 0 Å². The Morgan fingerprint density at radius 2 is 2.25 bits per heavy atom. The molecule has 0 atom stereocenters. The molecule has 0 radical (unpaired) electrons. The summed E-state index contributed by atoms with van der Waals surface area (Å²) >= 11 is 1.20. The maximum atomic E-state index is 13.3. The summed E-state index contributed by atoms with van der Waals surface area (Å²) < 4.78 is 15.0. The predicted molar refractivity (Wildman–Crippen MR) is 68.3 cm³/mol. The van der Waals surface area contributed by atoms with Crippen molar-refractivity contribution in [1.29, 1.82) is 0 Å². The molecule has 100 valence electrons. The third-order valence-corrected chi connectivity index (χ3v) is 3.54. The number of carboxylic acid groups (broad SMARTS) is 1. The number of aromatic carboxylic acids is 1.